The fourth-order valence-electron chi connectivity index (χ4n) is 4.32. The zero-order chi connectivity index (χ0) is 17.8. The predicted molar refractivity (Wildman–Crippen MR) is 102 cm³/mol. The van der Waals surface area contributed by atoms with Crippen LogP contribution in [0, 0.1) is 16.7 Å². The summed E-state index contributed by atoms with van der Waals surface area (Å²) in [4.78, 5) is 13.2. The number of hydrogen-bond donors (Lipinski definition) is 0. The first kappa shape index (κ1) is 17.0. The second kappa shape index (κ2) is 7.43. The van der Waals surface area contributed by atoms with Gasteiger partial charge in [-0.1, -0.05) is 30.3 Å². The van der Waals surface area contributed by atoms with Crippen molar-refractivity contribution in [3.63, 3.8) is 0 Å². The Kier molecular flexibility index (Phi) is 4.85. The second-order valence-corrected chi connectivity index (χ2v) is 7.62. The Labute approximate surface area is 155 Å². The molecule has 1 aromatic carbocycles. The molecule has 0 atom stereocenters. The van der Waals surface area contributed by atoms with Crippen LogP contribution in [0.4, 0.5) is 5.82 Å². The fraction of sp³-hybridized carbons (Fsp3) is 0.476. The zero-order valence-corrected chi connectivity index (χ0v) is 15.1. The molecule has 0 saturated carbocycles. The van der Waals surface area contributed by atoms with Gasteiger partial charge in [0.15, 0.2) is 0 Å². The van der Waals surface area contributed by atoms with Crippen LogP contribution >= 0.6 is 0 Å². The van der Waals surface area contributed by atoms with E-state index in [1.807, 2.05) is 0 Å². The molecule has 2 saturated heterocycles. The number of nitrogens with zero attached hydrogens (tertiary/aromatic N) is 5. The maximum atomic E-state index is 9.03. The topological polar surface area (TPSA) is 56.1 Å². The number of aromatic nitrogens is 2. The molecule has 0 amide bonds. The lowest BCUT2D eigenvalue weighted by Crippen LogP contribution is -2.46. The molecule has 0 N–H and O–H groups in total. The van der Waals surface area contributed by atoms with Gasteiger partial charge in [0.05, 0.1) is 0 Å². The standard InChI is InChI=1S/C21H25N5/c22-15-19-14-20(24-17-23-19)26-12-8-21(9-13-26)6-10-25(11-7-21)16-18-4-2-1-3-5-18/h1-5,14,17H,6-13,16H2. The summed E-state index contributed by atoms with van der Waals surface area (Å²) in [5, 5.41) is 9.03. The van der Waals surface area contributed by atoms with Gasteiger partial charge in [-0.15, -0.1) is 0 Å². The Morgan fingerprint density at radius 1 is 0.962 bits per heavy atom. The first-order valence-corrected chi connectivity index (χ1v) is 9.50. The number of benzene rings is 1. The van der Waals surface area contributed by atoms with Crippen LogP contribution in [0.5, 0.6) is 0 Å². The van der Waals surface area contributed by atoms with Crippen molar-refractivity contribution in [3.8, 4) is 6.07 Å². The molecule has 0 aliphatic carbocycles. The molecule has 134 valence electrons. The highest BCUT2D eigenvalue weighted by atomic mass is 15.2. The molecule has 2 fully saturated rings. The quantitative estimate of drug-likeness (QED) is 0.853. The smallest absolute Gasteiger partial charge is 0.145 e. The van der Waals surface area contributed by atoms with Crippen molar-refractivity contribution in [2.75, 3.05) is 31.1 Å². The summed E-state index contributed by atoms with van der Waals surface area (Å²) in [6, 6.07) is 14.7. The molecule has 5 heteroatoms. The van der Waals surface area contributed by atoms with E-state index in [0.717, 1.165) is 25.5 Å². The third-order valence-corrected chi connectivity index (χ3v) is 6.08. The van der Waals surface area contributed by atoms with Gasteiger partial charge in [-0.25, -0.2) is 9.97 Å². The highest BCUT2D eigenvalue weighted by Crippen LogP contribution is 2.42. The Morgan fingerprint density at radius 3 is 2.35 bits per heavy atom. The Balaban J connectivity index is 1.31. The molecule has 0 radical (unpaired) electrons. The van der Waals surface area contributed by atoms with Gasteiger partial charge >= 0.3 is 0 Å². The highest BCUT2D eigenvalue weighted by molar-refractivity contribution is 5.42. The molecule has 2 aliphatic rings. The Bertz CT molecular complexity index is 764. The first-order valence-electron chi connectivity index (χ1n) is 9.50. The van der Waals surface area contributed by atoms with E-state index < -0.39 is 0 Å². The van der Waals surface area contributed by atoms with Gasteiger partial charge < -0.3 is 4.90 Å². The van der Waals surface area contributed by atoms with Crippen LogP contribution in [0.15, 0.2) is 42.7 Å². The lowest BCUT2D eigenvalue weighted by molar-refractivity contribution is 0.0757. The van der Waals surface area contributed by atoms with Crippen LogP contribution < -0.4 is 4.90 Å². The molecule has 5 nitrogen and oxygen atoms in total. The van der Waals surface area contributed by atoms with Gasteiger partial charge in [0.2, 0.25) is 0 Å². The molecular weight excluding hydrogens is 322 g/mol. The van der Waals surface area contributed by atoms with Gasteiger partial charge in [-0.2, -0.15) is 5.26 Å². The maximum absolute atomic E-state index is 9.03. The lowest BCUT2D eigenvalue weighted by Gasteiger charge is -2.47. The van der Waals surface area contributed by atoms with E-state index in [-0.39, 0.29) is 0 Å². The van der Waals surface area contributed by atoms with Crippen LogP contribution in [0.2, 0.25) is 0 Å². The van der Waals surface area contributed by atoms with E-state index in [4.69, 9.17) is 5.26 Å². The van der Waals surface area contributed by atoms with Crippen LogP contribution in [-0.2, 0) is 6.54 Å². The SMILES string of the molecule is N#Cc1cc(N2CCC3(CCN(Cc4ccccc4)CC3)CC2)ncn1. The number of anilines is 1. The van der Waals surface area contributed by atoms with E-state index in [1.165, 1.54) is 50.7 Å². The van der Waals surface area contributed by atoms with Crippen LogP contribution in [0.25, 0.3) is 0 Å². The number of likely N-dealkylation sites (tertiary alicyclic amines) is 1. The van der Waals surface area contributed by atoms with Crippen molar-refractivity contribution >= 4 is 5.82 Å². The minimum Gasteiger partial charge on any atom is -0.356 e. The molecule has 26 heavy (non-hydrogen) atoms. The van der Waals surface area contributed by atoms with Crippen molar-refractivity contribution in [1.29, 1.82) is 5.26 Å². The summed E-state index contributed by atoms with van der Waals surface area (Å²) >= 11 is 0. The summed E-state index contributed by atoms with van der Waals surface area (Å²) in [7, 11) is 0. The molecule has 2 aliphatic heterocycles. The van der Waals surface area contributed by atoms with Gasteiger partial charge in [0, 0.05) is 25.7 Å². The van der Waals surface area contributed by atoms with Crippen molar-refractivity contribution in [2.24, 2.45) is 5.41 Å². The van der Waals surface area contributed by atoms with E-state index in [1.54, 1.807) is 6.07 Å². The van der Waals surface area contributed by atoms with Crippen LogP contribution in [0.1, 0.15) is 36.9 Å². The Morgan fingerprint density at radius 2 is 1.65 bits per heavy atom. The van der Waals surface area contributed by atoms with E-state index in [9.17, 15) is 0 Å². The monoisotopic (exact) mass is 347 g/mol. The largest absolute Gasteiger partial charge is 0.356 e. The van der Waals surface area contributed by atoms with E-state index >= 15 is 0 Å². The van der Waals surface area contributed by atoms with Crippen LogP contribution in [0.3, 0.4) is 0 Å². The molecule has 2 aromatic rings. The van der Waals surface area contributed by atoms with Gasteiger partial charge in [0.25, 0.3) is 0 Å². The molecule has 1 spiro atoms. The van der Waals surface area contributed by atoms with Crippen LogP contribution in [-0.4, -0.2) is 41.0 Å². The van der Waals surface area contributed by atoms with Crippen molar-refractivity contribution in [1.82, 2.24) is 14.9 Å². The number of hydrogen-bond acceptors (Lipinski definition) is 5. The van der Waals surface area contributed by atoms with Gasteiger partial charge in [0.1, 0.15) is 23.9 Å². The average molecular weight is 347 g/mol. The summed E-state index contributed by atoms with van der Waals surface area (Å²) in [5.41, 5.74) is 2.36. The van der Waals surface area contributed by atoms with Gasteiger partial charge in [-0.3, -0.25) is 4.90 Å². The normalized spacial score (nSPS) is 20.0. The summed E-state index contributed by atoms with van der Waals surface area (Å²) in [5.74, 6) is 0.896. The third-order valence-electron chi connectivity index (χ3n) is 6.08. The Hall–Kier alpha value is -2.45. The van der Waals surface area contributed by atoms with Crippen molar-refractivity contribution < 1.29 is 0 Å². The highest BCUT2D eigenvalue weighted by Gasteiger charge is 2.37. The molecule has 1 aromatic heterocycles. The summed E-state index contributed by atoms with van der Waals surface area (Å²) in [6.45, 7) is 5.52. The van der Waals surface area contributed by atoms with Crippen molar-refractivity contribution in [3.05, 3.63) is 54.0 Å². The molecule has 4 rings (SSSR count). The first-order chi connectivity index (χ1) is 12.8. The number of piperidine rings is 2. The molecule has 3 heterocycles. The predicted octanol–water partition coefficient (Wildman–Crippen LogP) is 3.23. The fourth-order valence-corrected chi connectivity index (χ4v) is 4.32. The van der Waals surface area contributed by atoms with Gasteiger partial charge in [-0.05, 0) is 49.8 Å². The third kappa shape index (κ3) is 3.71. The summed E-state index contributed by atoms with van der Waals surface area (Å²) < 4.78 is 0. The summed E-state index contributed by atoms with van der Waals surface area (Å²) in [6.07, 6.45) is 6.53. The minimum atomic E-state index is 0.449. The molecule has 0 bridgehead atoms. The van der Waals surface area contributed by atoms with E-state index in [0.29, 0.717) is 11.1 Å². The number of rotatable bonds is 3. The zero-order valence-electron chi connectivity index (χ0n) is 15.1. The lowest BCUT2D eigenvalue weighted by atomic mass is 9.71. The second-order valence-electron chi connectivity index (χ2n) is 7.62. The van der Waals surface area contributed by atoms with Crippen molar-refractivity contribution in [2.45, 2.75) is 32.2 Å². The molecular formula is C21H25N5. The number of nitriles is 1. The maximum Gasteiger partial charge on any atom is 0.145 e. The molecule has 0 unspecified atom stereocenters. The van der Waals surface area contributed by atoms with E-state index in [2.05, 4.69) is 56.2 Å². The average Bonchev–Trinajstić information content (AvgIpc) is 2.71. The minimum absolute atomic E-state index is 0.449.